The van der Waals surface area contributed by atoms with E-state index in [1.54, 1.807) is 64.2 Å². The zero-order valence-electron chi connectivity index (χ0n) is 15.1. The molecule has 0 saturated carbocycles. The first kappa shape index (κ1) is 19.2. The Morgan fingerprint density at radius 3 is 1.92 bits per heavy atom. The molecule has 1 rings (SSSR count). The Kier molecular flexibility index (Phi) is 6.53. The number of anilines is 2. The second-order valence-electron chi connectivity index (χ2n) is 5.94. The van der Waals surface area contributed by atoms with Crippen molar-refractivity contribution < 1.29 is 9.59 Å². The average molecular weight is 332 g/mol. The van der Waals surface area contributed by atoms with Crippen LogP contribution >= 0.6 is 0 Å². The van der Waals surface area contributed by atoms with Gasteiger partial charge in [0.25, 0.3) is 0 Å². The number of rotatable bonds is 6. The summed E-state index contributed by atoms with van der Waals surface area (Å²) in [6.07, 6.45) is 0. The van der Waals surface area contributed by atoms with Gasteiger partial charge in [-0.2, -0.15) is 5.26 Å². The molecule has 1 aromatic rings. The first-order valence-electron chi connectivity index (χ1n) is 7.41. The number of aromatic nitrogens is 1. The van der Waals surface area contributed by atoms with Crippen LogP contribution in [0.5, 0.6) is 0 Å². The first-order chi connectivity index (χ1) is 11.2. The van der Waals surface area contributed by atoms with Crippen molar-refractivity contribution >= 4 is 23.5 Å². The lowest BCUT2D eigenvalue weighted by atomic mass is 10.2. The summed E-state index contributed by atoms with van der Waals surface area (Å²) in [5.74, 6) is 0.823. The van der Waals surface area contributed by atoms with E-state index >= 15 is 0 Å². The highest BCUT2D eigenvalue weighted by atomic mass is 16.2. The number of hydrogen-bond acceptors (Lipinski definition) is 6. The van der Waals surface area contributed by atoms with Crippen LogP contribution in [0.15, 0.2) is 12.1 Å². The van der Waals surface area contributed by atoms with Gasteiger partial charge >= 0.3 is 0 Å². The van der Waals surface area contributed by atoms with Crippen LogP contribution in [0.4, 0.5) is 11.6 Å². The lowest BCUT2D eigenvalue weighted by molar-refractivity contribution is -0.127. The summed E-state index contributed by atoms with van der Waals surface area (Å²) in [6.45, 7) is 0.282. The van der Waals surface area contributed by atoms with Gasteiger partial charge in [0.05, 0.1) is 18.7 Å². The van der Waals surface area contributed by atoms with E-state index in [1.807, 2.05) is 0 Å². The maximum Gasteiger partial charge on any atom is 0.241 e. The molecule has 0 aliphatic rings. The van der Waals surface area contributed by atoms with Gasteiger partial charge in [-0.3, -0.25) is 9.59 Å². The number of likely N-dealkylation sites (N-methyl/N-ethyl adjacent to an activating group) is 4. The molecule has 0 spiro atoms. The van der Waals surface area contributed by atoms with Crippen molar-refractivity contribution in [3.8, 4) is 6.07 Å². The van der Waals surface area contributed by atoms with Crippen molar-refractivity contribution in [2.45, 2.75) is 0 Å². The molecule has 24 heavy (non-hydrogen) atoms. The number of amides is 2. The van der Waals surface area contributed by atoms with Crippen molar-refractivity contribution in [3.05, 3.63) is 17.7 Å². The fraction of sp³-hybridized carbons (Fsp3) is 0.500. The summed E-state index contributed by atoms with van der Waals surface area (Å²) in [5.41, 5.74) is 0.375. The Hall–Kier alpha value is -2.82. The molecule has 0 N–H and O–H groups in total. The number of carbonyl (C=O) groups is 2. The van der Waals surface area contributed by atoms with Crippen LogP contribution in [0.3, 0.4) is 0 Å². The normalized spacial score (nSPS) is 9.88. The molecule has 0 aromatic carbocycles. The van der Waals surface area contributed by atoms with Gasteiger partial charge in [-0.25, -0.2) is 4.98 Å². The van der Waals surface area contributed by atoms with E-state index < -0.39 is 0 Å². The first-order valence-corrected chi connectivity index (χ1v) is 7.41. The quantitative estimate of drug-likeness (QED) is 0.729. The number of hydrogen-bond donors (Lipinski definition) is 0. The lowest BCUT2D eigenvalue weighted by Crippen LogP contribution is -2.36. The van der Waals surface area contributed by atoms with E-state index in [9.17, 15) is 14.9 Å². The van der Waals surface area contributed by atoms with Gasteiger partial charge in [0.2, 0.25) is 11.8 Å². The molecule has 0 aliphatic heterocycles. The molecule has 1 aromatic heterocycles. The van der Waals surface area contributed by atoms with E-state index in [4.69, 9.17) is 0 Å². The third-order valence-corrected chi connectivity index (χ3v) is 3.48. The van der Waals surface area contributed by atoms with Crippen molar-refractivity contribution in [2.24, 2.45) is 0 Å². The van der Waals surface area contributed by atoms with Crippen LogP contribution < -0.4 is 9.80 Å². The molecule has 1 heterocycles. The van der Waals surface area contributed by atoms with E-state index in [0.717, 1.165) is 0 Å². The monoisotopic (exact) mass is 332 g/mol. The maximum atomic E-state index is 11.9. The van der Waals surface area contributed by atoms with Crippen molar-refractivity contribution in [2.75, 3.05) is 65.2 Å². The third kappa shape index (κ3) is 4.84. The number of nitrogens with zero attached hydrogens (tertiary/aromatic N) is 6. The van der Waals surface area contributed by atoms with Gasteiger partial charge in [-0.15, -0.1) is 0 Å². The highest BCUT2D eigenvalue weighted by molar-refractivity contribution is 5.82. The highest BCUT2D eigenvalue weighted by Gasteiger charge is 2.17. The second-order valence-corrected chi connectivity index (χ2v) is 5.94. The van der Waals surface area contributed by atoms with Crippen LogP contribution in [-0.2, 0) is 9.59 Å². The highest BCUT2D eigenvalue weighted by Crippen LogP contribution is 2.21. The molecule has 0 radical (unpaired) electrons. The topological polar surface area (TPSA) is 83.8 Å². The number of pyridine rings is 1. The molecule has 0 saturated heterocycles. The van der Waals surface area contributed by atoms with Gasteiger partial charge in [0, 0.05) is 42.3 Å². The van der Waals surface area contributed by atoms with E-state index in [-0.39, 0.29) is 24.9 Å². The van der Waals surface area contributed by atoms with Gasteiger partial charge < -0.3 is 19.6 Å². The van der Waals surface area contributed by atoms with E-state index in [1.165, 1.54) is 9.80 Å². The molecule has 0 atom stereocenters. The fourth-order valence-electron chi connectivity index (χ4n) is 1.87. The maximum absolute atomic E-state index is 11.9. The summed E-state index contributed by atoms with van der Waals surface area (Å²) in [6, 6.07) is 5.41. The van der Waals surface area contributed by atoms with E-state index in [0.29, 0.717) is 17.2 Å². The second kappa shape index (κ2) is 8.15. The Labute approximate surface area is 142 Å². The van der Waals surface area contributed by atoms with Crippen molar-refractivity contribution in [1.29, 1.82) is 5.26 Å². The Morgan fingerprint density at radius 1 is 0.958 bits per heavy atom. The number of carbonyl (C=O) groups excluding carboxylic acids is 2. The summed E-state index contributed by atoms with van der Waals surface area (Å²) in [4.78, 5) is 34.5. The predicted molar refractivity (Wildman–Crippen MR) is 92.9 cm³/mol. The zero-order chi connectivity index (χ0) is 18.4. The fourth-order valence-corrected chi connectivity index (χ4v) is 1.87. The average Bonchev–Trinajstić information content (AvgIpc) is 2.53. The molecule has 8 heteroatoms. The molecule has 8 nitrogen and oxygen atoms in total. The molecule has 0 fully saturated rings. The standard InChI is InChI=1S/C16H24N6O2/c1-19(2)14(23)10-21(5)13-8-7-12(9-17)16(18-13)22(6)11-15(24)20(3)4/h7-8H,10-11H2,1-6H3. The number of nitriles is 1. The molecule has 0 aliphatic carbocycles. The van der Waals surface area contributed by atoms with Crippen LogP contribution in [0, 0.1) is 11.3 Å². The van der Waals surface area contributed by atoms with Gasteiger partial charge in [-0.05, 0) is 12.1 Å². The van der Waals surface area contributed by atoms with Gasteiger partial charge in [-0.1, -0.05) is 0 Å². The SMILES string of the molecule is CN(C)C(=O)CN(C)c1ccc(C#N)c(N(C)CC(=O)N(C)C)n1. The lowest BCUT2D eigenvalue weighted by Gasteiger charge is -2.24. The molecular weight excluding hydrogens is 308 g/mol. The zero-order valence-corrected chi connectivity index (χ0v) is 15.1. The van der Waals surface area contributed by atoms with Crippen molar-refractivity contribution in [3.63, 3.8) is 0 Å². The summed E-state index contributed by atoms with van der Waals surface area (Å²) in [7, 11) is 10.2. The minimum absolute atomic E-state index is 0.0543. The van der Waals surface area contributed by atoms with Gasteiger partial charge in [0.15, 0.2) is 0 Å². The minimum atomic E-state index is -0.0928. The Morgan fingerprint density at radius 2 is 1.46 bits per heavy atom. The van der Waals surface area contributed by atoms with Crippen LogP contribution in [0.2, 0.25) is 0 Å². The summed E-state index contributed by atoms with van der Waals surface area (Å²) in [5, 5.41) is 9.27. The molecule has 0 bridgehead atoms. The van der Waals surface area contributed by atoms with E-state index in [2.05, 4.69) is 11.1 Å². The van der Waals surface area contributed by atoms with Gasteiger partial charge in [0.1, 0.15) is 17.7 Å². The molecular formula is C16H24N6O2. The van der Waals surface area contributed by atoms with Crippen LogP contribution in [-0.4, -0.2) is 82.0 Å². The third-order valence-electron chi connectivity index (χ3n) is 3.48. The minimum Gasteiger partial charge on any atom is -0.350 e. The summed E-state index contributed by atoms with van der Waals surface area (Å²) < 4.78 is 0. The van der Waals surface area contributed by atoms with Crippen LogP contribution in [0.25, 0.3) is 0 Å². The summed E-state index contributed by atoms with van der Waals surface area (Å²) >= 11 is 0. The molecule has 0 unspecified atom stereocenters. The molecule has 2 amide bonds. The predicted octanol–water partition coefficient (Wildman–Crippen LogP) is 0.00208. The Balaban J connectivity index is 3.06. The largest absolute Gasteiger partial charge is 0.350 e. The van der Waals surface area contributed by atoms with Crippen LogP contribution in [0.1, 0.15) is 5.56 Å². The van der Waals surface area contributed by atoms with Crippen molar-refractivity contribution in [1.82, 2.24) is 14.8 Å². The molecule has 130 valence electrons. The Bertz CT molecular complexity index is 650. The smallest absolute Gasteiger partial charge is 0.241 e.